The van der Waals surface area contributed by atoms with Gasteiger partial charge in [0.15, 0.2) is 18.3 Å². The molecule has 0 bridgehead atoms. The van der Waals surface area contributed by atoms with Crippen molar-refractivity contribution in [2.24, 2.45) is 0 Å². The van der Waals surface area contributed by atoms with Crippen molar-refractivity contribution in [3.8, 4) is 11.5 Å². The van der Waals surface area contributed by atoms with Gasteiger partial charge in [-0.2, -0.15) is 13.2 Å². The number of pyridine rings is 1. The number of hydrogen-bond donors (Lipinski definition) is 1. The molecule has 0 fully saturated rings. The summed E-state index contributed by atoms with van der Waals surface area (Å²) in [5.74, 6) is 0.345. The Morgan fingerprint density at radius 1 is 1.24 bits per heavy atom. The predicted octanol–water partition coefficient (Wildman–Crippen LogP) is 2.33. The molecular weight excluding hydrogens is 237 g/mol. The van der Waals surface area contributed by atoms with Gasteiger partial charge in [0, 0.05) is 11.8 Å². The lowest BCUT2D eigenvalue weighted by molar-refractivity contribution is -0.206. The van der Waals surface area contributed by atoms with Gasteiger partial charge < -0.3 is 9.52 Å². The number of alkyl halides is 3. The Kier molecular flexibility index (Phi) is 2.84. The summed E-state index contributed by atoms with van der Waals surface area (Å²) in [5.41, 5.74) is 0.0291. The summed E-state index contributed by atoms with van der Waals surface area (Å²) in [6.07, 6.45) is -3.69. The van der Waals surface area contributed by atoms with Crippen LogP contribution in [0.5, 0.6) is 0 Å². The third-order valence-corrected chi connectivity index (χ3v) is 2.10. The molecular formula is C10H7F3N2O2. The van der Waals surface area contributed by atoms with E-state index in [0.29, 0.717) is 11.5 Å². The fourth-order valence-corrected chi connectivity index (χ4v) is 1.24. The van der Waals surface area contributed by atoms with Crippen LogP contribution in [0.2, 0.25) is 0 Å². The van der Waals surface area contributed by atoms with E-state index in [4.69, 9.17) is 9.52 Å². The van der Waals surface area contributed by atoms with E-state index >= 15 is 0 Å². The Balaban J connectivity index is 2.25. The van der Waals surface area contributed by atoms with Crippen molar-refractivity contribution >= 4 is 0 Å². The highest BCUT2D eigenvalue weighted by Gasteiger charge is 2.39. The van der Waals surface area contributed by atoms with Gasteiger partial charge >= 0.3 is 6.18 Å². The normalized spacial score (nSPS) is 13.6. The van der Waals surface area contributed by atoms with Crippen LogP contribution in [0.25, 0.3) is 11.5 Å². The van der Waals surface area contributed by atoms with Gasteiger partial charge in [-0.15, -0.1) is 0 Å². The van der Waals surface area contributed by atoms with E-state index < -0.39 is 12.3 Å². The molecule has 0 saturated carbocycles. The zero-order chi connectivity index (χ0) is 12.5. The highest BCUT2D eigenvalue weighted by Crippen LogP contribution is 2.32. The summed E-state index contributed by atoms with van der Waals surface area (Å²) in [6.45, 7) is 0. The number of rotatable bonds is 2. The van der Waals surface area contributed by atoms with Crippen LogP contribution in [0.4, 0.5) is 13.2 Å². The monoisotopic (exact) mass is 244 g/mol. The van der Waals surface area contributed by atoms with Crippen molar-refractivity contribution in [1.29, 1.82) is 0 Å². The van der Waals surface area contributed by atoms with Crippen molar-refractivity contribution in [1.82, 2.24) is 9.97 Å². The fraction of sp³-hybridized carbons (Fsp3) is 0.200. The summed E-state index contributed by atoms with van der Waals surface area (Å²) in [7, 11) is 0. The lowest BCUT2D eigenvalue weighted by Gasteiger charge is -2.14. The first-order chi connectivity index (χ1) is 7.98. The first-order valence-corrected chi connectivity index (χ1v) is 4.58. The molecule has 0 unspecified atom stereocenters. The van der Waals surface area contributed by atoms with Crippen molar-refractivity contribution in [2.45, 2.75) is 12.3 Å². The van der Waals surface area contributed by atoms with E-state index in [-0.39, 0.29) is 5.56 Å². The van der Waals surface area contributed by atoms with Gasteiger partial charge in [-0.05, 0) is 6.07 Å². The molecule has 0 saturated heterocycles. The Morgan fingerprint density at radius 2 is 2.00 bits per heavy atom. The quantitative estimate of drug-likeness (QED) is 0.880. The second-order valence-corrected chi connectivity index (χ2v) is 3.29. The summed E-state index contributed by atoms with van der Waals surface area (Å²) >= 11 is 0. The van der Waals surface area contributed by atoms with Crippen LogP contribution in [-0.2, 0) is 0 Å². The average molecular weight is 244 g/mol. The largest absolute Gasteiger partial charge is 0.442 e. The van der Waals surface area contributed by atoms with Crippen LogP contribution in [0.15, 0.2) is 35.3 Å². The van der Waals surface area contributed by atoms with Gasteiger partial charge in [-0.3, -0.25) is 4.98 Å². The maximum absolute atomic E-state index is 12.2. The molecule has 0 aliphatic carbocycles. The lowest BCUT2D eigenvalue weighted by Crippen LogP contribution is -2.20. The van der Waals surface area contributed by atoms with E-state index in [9.17, 15) is 13.2 Å². The predicted molar refractivity (Wildman–Crippen MR) is 50.7 cm³/mol. The molecule has 0 amide bonds. The molecule has 1 atom stereocenters. The second-order valence-electron chi connectivity index (χ2n) is 3.29. The third-order valence-electron chi connectivity index (χ3n) is 2.10. The van der Waals surface area contributed by atoms with Crippen LogP contribution < -0.4 is 0 Å². The minimum absolute atomic E-state index is 0.319. The number of nitrogens with zero attached hydrogens (tertiary/aromatic N) is 2. The molecule has 0 aromatic carbocycles. The highest BCUT2D eigenvalue weighted by atomic mass is 19.4. The molecule has 7 heteroatoms. The summed E-state index contributed by atoms with van der Waals surface area (Å²) in [4.78, 5) is 7.42. The van der Waals surface area contributed by atoms with Crippen molar-refractivity contribution < 1.29 is 22.7 Å². The van der Waals surface area contributed by atoms with Crippen LogP contribution in [0, 0.1) is 0 Å². The number of aromatic nitrogens is 2. The van der Waals surface area contributed by atoms with Gasteiger partial charge in [-0.1, -0.05) is 6.07 Å². The molecule has 2 rings (SSSR count). The van der Waals surface area contributed by atoms with Gasteiger partial charge in [0.2, 0.25) is 0 Å². The number of halogens is 3. The van der Waals surface area contributed by atoms with Gasteiger partial charge in [0.05, 0.1) is 6.20 Å². The highest BCUT2D eigenvalue weighted by molar-refractivity contribution is 5.50. The topological polar surface area (TPSA) is 59.2 Å². The van der Waals surface area contributed by atoms with Crippen molar-refractivity contribution in [3.05, 3.63) is 36.5 Å². The smallest absolute Gasteiger partial charge is 0.418 e. The Labute approximate surface area is 93.7 Å². The standard InChI is InChI=1S/C10H7F3N2O2/c11-10(12,13)9(16)6-1-2-7(15-3-6)8-4-14-5-17-8/h1-5,9,16H/t9-/m1/s1. The Morgan fingerprint density at radius 3 is 2.47 bits per heavy atom. The van der Waals surface area contributed by atoms with E-state index in [2.05, 4.69) is 9.97 Å². The molecule has 90 valence electrons. The zero-order valence-corrected chi connectivity index (χ0v) is 8.35. The minimum atomic E-state index is -4.70. The van der Waals surface area contributed by atoms with E-state index in [1.165, 1.54) is 18.7 Å². The molecule has 2 aromatic heterocycles. The molecule has 1 N–H and O–H groups in total. The maximum Gasteiger partial charge on any atom is 0.418 e. The van der Waals surface area contributed by atoms with Crippen LogP contribution in [0.3, 0.4) is 0 Å². The first kappa shape index (κ1) is 11.6. The molecule has 17 heavy (non-hydrogen) atoms. The van der Waals surface area contributed by atoms with Gasteiger partial charge in [0.1, 0.15) is 5.69 Å². The van der Waals surface area contributed by atoms with E-state index in [0.717, 1.165) is 12.3 Å². The lowest BCUT2D eigenvalue weighted by atomic mass is 10.1. The number of hydrogen-bond acceptors (Lipinski definition) is 4. The number of aliphatic hydroxyl groups excluding tert-OH is 1. The van der Waals surface area contributed by atoms with Crippen LogP contribution >= 0.6 is 0 Å². The zero-order valence-electron chi connectivity index (χ0n) is 8.35. The maximum atomic E-state index is 12.2. The summed E-state index contributed by atoms with van der Waals surface area (Å²) in [5, 5.41) is 8.98. The third kappa shape index (κ3) is 2.44. The SMILES string of the molecule is O[C@H](c1ccc(-c2cnco2)nc1)C(F)(F)F. The molecule has 2 heterocycles. The van der Waals surface area contributed by atoms with E-state index in [1.807, 2.05) is 0 Å². The van der Waals surface area contributed by atoms with Gasteiger partial charge in [0.25, 0.3) is 0 Å². The molecule has 0 aliphatic rings. The van der Waals surface area contributed by atoms with E-state index in [1.54, 1.807) is 0 Å². The second kappa shape index (κ2) is 4.17. The molecule has 4 nitrogen and oxygen atoms in total. The number of oxazole rings is 1. The Hall–Kier alpha value is -1.89. The van der Waals surface area contributed by atoms with Crippen LogP contribution in [0.1, 0.15) is 11.7 Å². The molecule has 0 radical (unpaired) electrons. The summed E-state index contributed by atoms with van der Waals surface area (Å²) in [6, 6.07) is 2.47. The molecule has 0 aliphatic heterocycles. The summed E-state index contributed by atoms with van der Waals surface area (Å²) < 4.78 is 41.5. The average Bonchev–Trinajstić information content (AvgIpc) is 2.80. The molecule has 0 spiro atoms. The number of aliphatic hydroxyl groups is 1. The van der Waals surface area contributed by atoms with Crippen LogP contribution in [-0.4, -0.2) is 21.3 Å². The Bertz CT molecular complexity index is 479. The first-order valence-electron chi connectivity index (χ1n) is 4.58. The van der Waals surface area contributed by atoms with Gasteiger partial charge in [-0.25, -0.2) is 4.98 Å². The van der Waals surface area contributed by atoms with Crippen molar-refractivity contribution in [2.75, 3.05) is 0 Å². The minimum Gasteiger partial charge on any atom is -0.442 e. The molecule has 2 aromatic rings. The van der Waals surface area contributed by atoms with Crippen molar-refractivity contribution in [3.63, 3.8) is 0 Å². The fourth-order valence-electron chi connectivity index (χ4n) is 1.24.